The third kappa shape index (κ3) is 7.02. The van der Waals surface area contributed by atoms with Crippen LogP contribution in [0.3, 0.4) is 0 Å². The van der Waals surface area contributed by atoms with Crippen molar-refractivity contribution >= 4 is 34.4 Å². The minimum atomic E-state index is -0.00664. The standard InChI is InChI=1S/C27H36N2O3S/c1-4-6-9-25-26(23-19-21(29-33-3)12-15-24(23)32-25)27(30)20-10-13-22(14-11-20)31-18-8-17-28-16-7-5-2/h10-15,19,28-29H,4-9,16-18H2,1-3H3. The maximum atomic E-state index is 13.5. The molecule has 6 heteroatoms. The van der Waals surface area contributed by atoms with E-state index < -0.39 is 0 Å². The van der Waals surface area contributed by atoms with Crippen molar-refractivity contribution in [1.82, 2.24) is 5.32 Å². The Balaban J connectivity index is 1.72. The van der Waals surface area contributed by atoms with Crippen LogP contribution in [0, 0.1) is 0 Å². The fraction of sp³-hybridized carbons (Fsp3) is 0.444. The maximum absolute atomic E-state index is 13.5. The number of aryl methyl sites for hydroxylation is 1. The summed E-state index contributed by atoms with van der Waals surface area (Å²) >= 11 is 1.53. The number of furan rings is 1. The van der Waals surface area contributed by atoms with Crippen LogP contribution in [0.1, 0.15) is 67.6 Å². The number of carbonyl (C=O) groups excluding carboxylic acids is 1. The highest BCUT2D eigenvalue weighted by Crippen LogP contribution is 2.32. The van der Waals surface area contributed by atoms with Crippen molar-refractivity contribution in [2.75, 3.05) is 30.7 Å². The van der Waals surface area contributed by atoms with Crippen molar-refractivity contribution in [3.8, 4) is 5.75 Å². The number of ether oxygens (including phenoxy) is 1. The summed E-state index contributed by atoms with van der Waals surface area (Å²) in [5.74, 6) is 1.55. The number of nitrogens with one attached hydrogen (secondary N) is 2. The Labute approximate surface area is 201 Å². The third-order valence-electron chi connectivity index (χ3n) is 5.56. The Morgan fingerprint density at radius 1 is 1.00 bits per heavy atom. The van der Waals surface area contributed by atoms with E-state index in [9.17, 15) is 4.79 Å². The van der Waals surface area contributed by atoms with Gasteiger partial charge in [0.1, 0.15) is 17.1 Å². The molecule has 0 unspecified atom stereocenters. The lowest BCUT2D eigenvalue weighted by molar-refractivity contribution is 0.103. The Morgan fingerprint density at radius 2 is 1.76 bits per heavy atom. The van der Waals surface area contributed by atoms with Gasteiger partial charge in [0.25, 0.3) is 0 Å². The SMILES string of the molecule is CCCCNCCCOc1ccc(C(=O)c2c(CCCC)oc3ccc(NSC)cc23)cc1. The molecule has 0 atom stereocenters. The van der Waals surface area contributed by atoms with Gasteiger partial charge in [0.15, 0.2) is 5.78 Å². The van der Waals surface area contributed by atoms with Crippen LogP contribution >= 0.6 is 11.9 Å². The summed E-state index contributed by atoms with van der Waals surface area (Å²) < 4.78 is 15.2. The van der Waals surface area contributed by atoms with Gasteiger partial charge in [0.05, 0.1) is 12.2 Å². The lowest BCUT2D eigenvalue weighted by atomic mass is 9.98. The number of rotatable bonds is 15. The van der Waals surface area contributed by atoms with Gasteiger partial charge in [-0.3, -0.25) is 4.79 Å². The fourth-order valence-corrected chi connectivity index (χ4v) is 4.12. The van der Waals surface area contributed by atoms with Crippen LogP contribution in [0.15, 0.2) is 46.9 Å². The molecule has 2 aromatic carbocycles. The topological polar surface area (TPSA) is 63.5 Å². The van der Waals surface area contributed by atoms with Gasteiger partial charge in [-0.1, -0.05) is 38.6 Å². The van der Waals surface area contributed by atoms with Crippen molar-refractivity contribution in [3.63, 3.8) is 0 Å². The molecule has 3 rings (SSSR count). The van der Waals surface area contributed by atoms with E-state index in [2.05, 4.69) is 23.9 Å². The first-order valence-corrected chi connectivity index (χ1v) is 13.2. The highest BCUT2D eigenvalue weighted by Gasteiger charge is 2.22. The Hall–Kier alpha value is -2.44. The van der Waals surface area contributed by atoms with Gasteiger partial charge in [-0.2, -0.15) is 0 Å². The van der Waals surface area contributed by atoms with E-state index in [0.717, 1.165) is 66.9 Å². The molecular weight excluding hydrogens is 432 g/mol. The van der Waals surface area contributed by atoms with Crippen LogP contribution in [0.4, 0.5) is 5.69 Å². The van der Waals surface area contributed by atoms with E-state index in [1.54, 1.807) is 0 Å². The number of fused-ring (bicyclic) bond motifs is 1. The van der Waals surface area contributed by atoms with Crippen molar-refractivity contribution in [3.05, 3.63) is 59.4 Å². The molecule has 0 amide bonds. The van der Waals surface area contributed by atoms with E-state index in [1.165, 1.54) is 24.8 Å². The Kier molecular flexibility index (Phi) is 10.2. The first-order valence-electron chi connectivity index (χ1n) is 12.0. The Morgan fingerprint density at radius 3 is 2.48 bits per heavy atom. The van der Waals surface area contributed by atoms with Gasteiger partial charge in [-0.05, 0) is 74.8 Å². The minimum absolute atomic E-state index is 0.00664. The molecule has 178 valence electrons. The summed E-state index contributed by atoms with van der Waals surface area (Å²) in [6, 6.07) is 13.4. The molecule has 0 aliphatic carbocycles. The molecular formula is C27H36N2O3S. The van der Waals surface area contributed by atoms with Crippen LogP contribution in [0.25, 0.3) is 11.0 Å². The lowest BCUT2D eigenvalue weighted by Gasteiger charge is -2.08. The molecule has 0 aliphatic heterocycles. The van der Waals surface area contributed by atoms with E-state index >= 15 is 0 Å². The predicted octanol–water partition coefficient (Wildman–Crippen LogP) is 6.85. The number of ketones is 1. The summed E-state index contributed by atoms with van der Waals surface area (Å²) in [4.78, 5) is 13.5. The zero-order chi connectivity index (χ0) is 23.5. The normalized spacial score (nSPS) is 11.1. The van der Waals surface area contributed by atoms with Crippen molar-refractivity contribution in [1.29, 1.82) is 0 Å². The second-order valence-electron chi connectivity index (χ2n) is 8.18. The van der Waals surface area contributed by atoms with E-state index in [0.29, 0.717) is 17.7 Å². The summed E-state index contributed by atoms with van der Waals surface area (Å²) in [7, 11) is 0. The quantitative estimate of drug-likeness (QED) is 0.144. The van der Waals surface area contributed by atoms with Crippen LogP contribution in [-0.2, 0) is 6.42 Å². The molecule has 1 aromatic heterocycles. The van der Waals surface area contributed by atoms with Gasteiger partial charge in [-0.15, -0.1) is 0 Å². The molecule has 33 heavy (non-hydrogen) atoms. The third-order valence-corrected chi connectivity index (χ3v) is 6.00. The molecule has 3 aromatic rings. The van der Waals surface area contributed by atoms with Crippen molar-refractivity contribution in [2.45, 2.75) is 52.4 Å². The second kappa shape index (κ2) is 13.3. The summed E-state index contributed by atoms with van der Waals surface area (Å²) in [6.45, 7) is 7.01. The number of anilines is 1. The smallest absolute Gasteiger partial charge is 0.197 e. The highest BCUT2D eigenvalue weighted by atomic mass is 32.2. The van der Waals surface area contributed by atoms with Crippen molar-refractivity contribution in [2.24, 2.45) is 0 Å². The van der Waals surface area contributed by atoms with Gasteiger partial charge < -0.3 is 19.2 Å². The zero-order valence-corrected chi connectivity index (χ0v) is 20.9. The largest absolute Gasteiger partial charge is 0.494 e. The number of carbonyl (C=O) groups is 1. The predicted molar refractivity (Wildman–Crippen MR) is 140 cm³/mol. The minimum Gasteiger partial charge on any atom is -0.494 e. The molecule has 0 saturated heterocycles. The number of unbranched alkanes of at least 4 members (excludes halogenated alkanes) is 2. The van der Waals surface area contributed by atoms with E-state index in [1.807, 2.05) is 48.7 Å². The average molecular weight is 469 g/mol. The summed E-state index contributed by atoms with van der Waals surface area (Å²) in [5, 5.41) is 4.28. The van der Waals surface area contributed by atoms with Crippen LogP contribution in [-0.4, -0.2) is 31.7 Å². The Bertz CT molecular complexity index is 1010. The van der Waals surface area contributed by atoms with Crippen LogP contribution in [0.5, 0.6) is 5.75 Å². The summed E-state index contributed by atoms with van der Waals surface area (Å²) in [5.41, 5.74) is 3.03. The monoisotopic (exact) mass is 468 g/mol. The molecule has 0 bridgehead atoms. The first-order chi connectivity index (χ1) is 16.2. The molecule has 1 heterocycles. The van der Waals surface area contributed by atoms with Gasteiger partial charge in [0, 0.05) is 29.3 Å². The maximum Gasteiger partial charge on any atom is 0.197 e. The number of hydrogen-bond donors (Lipinski definition) is 2. The summed E-state index contributed by atoms with van der Waals surface area (Å²) in [6.07, 6.45) is 8.13. The number of benzene rings is 2. The molecule has 0 fully saturated rings. The van der Waals surface area contributed by atoms with Gasteiger partial charge >= 0.3 is 0 Å². The molecule has 2 N–H and O–H groups in total. The highest BCUT2D eigenvalue weighted by molar-refractivity contribution is 7.99. The molecule has 0 spiro atoms. The fourth-order valence-electron chi connectivity index (χ4n) is 3.75. The van der Waals surface area contributed by atoms with Gasteiger partial charge in [-0.25, -0.2) is 0 Å². The average Bonchev–Trinajstić information content (AvgIpc) is 3.20. The number of hydrogen-bond acceptors (Lipinski definition) is 6. The van der Waals surface area contributed by atoms with E-state index in [4.69, 9.17) is 9.15 Å². The van der Waals surface area contributed by atoms with Gasteiger partial charge in [0.2, 0.25) is 0 Å². The second-order valence-corrected chi connectivity index (χ2v) is 8.79. The first kappa shape index (κ1) is 25.2. The zero-order valence-electron chi connectivity index (χ0n) is 20.0. The van der Waals surface area contributed by atoms with Crippen LogP contribution < -0.4 is 14.8 Å². The van der Waals surface area contributed by atoms with Crippen molar-refractivity contribution < 1.29 is 13.9 Å². The van der Waals surface area contributed by atoms with E-state index in [-0.39, 0.29) is 5.78 Å². The van der Waals surface area contributed by atoms with Crippen LogP contribution in [0.2, 0.25) is 0 Å². The lowest BCUT2D eigenvalue weighted by Crippen LogP contribution is -2.18. The molecule has 0 aliphatic rings. The molecule has 0 radical (unpaired) electrons. The molecule has 0 saturated carbocycles. The molecule has 5 nitrogen and oxygen atoms in total.